The molecule has 29 heavy (non-hydrogen) atoms. The molecule has 1 unspecified atom stereocenters. The average Bonchev–Trinajstić information content (AvgIpc) is 2.98. The second kappa shape index (κ2) is 8.68. The van der Waals surface area contributed by atoms with E-state index >= 15 is 0 Å². The fraction of sp³-hybridized carbons (Fsp3) is 0.273. The highest BCUT2D eigenvalue weighted by molar-refractivity contribution is 6.30. The molecule has 3 rings (SSSR count). The second-order valence-electron chi connectivity index (χ2n) is 6.75. The minimum absolute atomic E-state index is 0.0270. The lowest BCUT2D eigenvalue weighted by molar-refractivity contribution is -0.149. The Morgan fingerprint density at radius 3 is 2.48 bits per heavy atom. The maximum atomic E-state index is 13.2. The van der Waals surface area contributed by atoms with Crippen LogP contribution < -0.4 is 4.74 Å². The van der Waals surface area contributed by atoms with E-state index < -0.39 is 12.1 Å². The van der Waals surface area contributed by atoms with Crippen LogP contribution in [0.1, 0.15) is 28.5 Å². The zero-order valence-corrected chi connectivity index (χ0v) is 17.2. The van der Waals surface area contributed by atoms with Gasteiger partial charge < -0.3 is 14.6 Å². The first-order chi connectivity index (χ1) is 13.8. The van der Waals surface area contributed by atoms with E-state index in [-0.39, 0.29) is 18.9 Å². The molecule has 0 saturated carbocycles. The van der Waals surface area contributed by atoms with Gasteiger partial charge in [-0.2, -0.15) is 0 Å². The van der Waals surface area contributed by atoms with Crippen molar-refractivity contribution < 1.29 is 24.2 Å². The van der Waals surface area contributed by atoms with Crippen molar-refractivity contribution >= 4 is 34.4 Å². The lowest BCUT2D eigenvalue weighted by Crippen LogP contribution is -2.20. The number of ether oxygens (including phenoxy) is 2. The highest BCUT2D eigenvalue weighted by Crippen LogP contribution is 2.31. The molecule has 1 heterocycles. The third kappa shape index (κ3) is 4.28. The molecule has 0 aliphatic rings. The number of benzene rings is 2. The number of methoxy groups -OCH3 is 1. The van der Waals surface area contributed by atoms with Crippen molar-refractivity contribution in [2.24, 2.45) is 0 Å². The van der Waals surface area contributed by atoms with Crippen molar-refractivity contribution in [2.45, 2.75) is 26.4 Å². The lowest BCUT2D eigenvalue weighted by atomic mass is 10.1. The van der Waals surface area contributed by atoms with Crippen molar-refractivity contribution in [3.8, 4) is 5.75 Å². The first-order valence-corrected chi connectivity index (χ1v) is 9.52. The molecule has 0 amide bonds. The molecule has 1 N–H and O–H groups in total. The molecule has 0 spiro atoms. The number of carbonyl (C=O) groups is 2. The summed E-state index contributed by atoms with van der Waals surface area (Å²) in [6, 6.07) is 12.0. The van der Waals surface area contributed by atoms with Crippen molar-refractivity contribution in [2.75, 3.05) is 13.7 Å². The van der Waals surface area contributed by atoms with Crippen LogP contribution >= 0.6 is 11.6 Å². The summed E-state index contributed by atoms with van der Waals surface area (Å²) < 4.78 is 12.1. The smallest absolute Gasteiger partial charge is 0.310 e. The molecule has 0 aliphatic carbocycles. The summed E-state index contributed by atoms with van der Waals surface area (Å²) in [7, 11) is 1.56. The Morgan fingerprint density at radius 2 is 1.86 bits per heavy atom. The Hall–Kier alpha value is -2.83. The minimum atomic E-state index is -0.596. The molecule has 0 bridgehead atoms. The van der Waals surface area contributed by atoms with Gasteiger partial charge in [0.15, 0.2) is 0 Å². The van der Waals surface area contributed by atoms with Gasteiger partial charge in [-0.1, -0.05) is 11.6 Å². The van der Waals surface area contributed by atoms with E-state index in [2.05, 4.69) is 0 Å². The zero-order chi connectivity index (χ0) is 21.1. The zero-order valence-electron chi connectivity index (χ0n) is 16.4. The maximum Gasteiger partial charge on any atom is 0.310 e. The number of nitrogens with zero attached hydrogens (tertiary/aromatic N) is 1. The number of halogens is 1. The molecule has 0 saturated heterocycles. The molecule has 0 radical (unpaired) electrons. The fourth-order valence-corrected chi connectivity index (χ4v) is 3.37. The summed E-state index contributed by atoms with van der Waals surface area (Å²) in [5, 5.41) is 10.4. The summed E-state index contributed by atoms with van der Waals surface area (Å²) in [4.78, 5) is 25.6. The second-order valence-corrected chi connectivity index (χ2v) is 7.19. The SMILES string of the molecule is COc1ccc2c(c1)c(CC(=O)OC(C)CO)c(C)n2C(=O)c1ccc(Cl)cc1. The number of aliphatic hydroxyl groups excluding tert-OH is 1. The Morgan fingerprint density at radius 1 is 1.17 bits per heavy atom. The summed E-state index contributed by atoms with van der Waals surface area (Å²) in [5.41, 5.74) is 2.47. The number of carbonyl (C=O) groups excluding carboxylic acids is 2. The van der Waals surface area contributed by atoms with Crippen LogP contribution in [0, 0.1) is 6.92 Å². The highest BCUT2D eigenvalue weighted by atomic mass is 35.5. The molecular formula is C22H22ClNO5. The number of aromatic nitrogens is 1. The van der Waals surface area contributed by atoms with Gasteiger partial charge in [-0.3, -0.25) is 14.2 Å². The highest BCUT2D eigenvalue weighted by Gasteiger charge is 2.23. The van der Waals surface area contributed by atoms with Crippen molar-refractivity contribution in [3.05, 3.63) is 64.3 Å². The van der Waals surface area contributed by atoms with Gasteiger partial charge in [-0.05, 0) is 61.9 Å². The van der Waals surface area contributed by atoms with E-state index in [1.165, 1.54) is 0 Å². The normalized spacial score (nSPS) is 12.0. The molecule has 1 aromatic heterocycles. The molecule has 2 aromatic carbocycles. The molecule has 3 aromatic rings. The Balaban J connectivity index is 2.10. The Labute approximate surface area is 173 Å². The number of aliphatic hydroxyl groups is 1. The predicted molar refractivity (Wildman–Crippen MR) is 111 cm³/mol. The quantitative estimate of drug-likeness (QED) is 0.620. The van der Waals surface area contributed by atoms with Gasteiger partial charge in [0.05, 0.1) is 25.7 Å². The van der Waals surface area contributed by atoms with E-state index in [1.54, 1.807) is 68.0 Å². The standard InChI is InChI=1S/C22H22ClNO5/c1-13(12-25)29-21(26)11-18-14(2)24(20-9-8-17(28-3)10-19(18)20)22(27)15-4-6-16(23)7-5-15/h4-10,13,25H,11-12H2,1-3H3. The van der Waals surface area contributed by atoms with E-state index in [4.69, 9.17) is 26.2 Å². The van der Waals surface area contributed by atoms with Crippen LogP contribution in [0.3, 0.4) is 0 Å². The van der Waals surface area contributed by atoms with Crippen molar-refractivity contribution in [1.82, 2.24) is 4.57 Å². The average molecular weight is 416 g/mol. The summed E-state index contributed by atoms with van der Waals surface area (Å²) in [6.45, 7) is 3.15. The molecule has 152 valence electrons. The van der Waals surface area contributed by atoms with E-state index in [0.29, 0.717) is 33.1 Å². The molecule has 7 heteroatoms. The van der Waals surface area contributed by atoms with E-state index in [1.807, 2.05) is 0 Å². The summed E-state index contributed by atoms with van der Waals surface area (Å²) >= 11 is 5.94. The number of hydrogen-bond donors (Lipinski definition) is 1. The number of rotatable bonds is 6. The monoisotopic (exact) mass is 415 g/mol. The Kier molecular flexibility index (Phi) is 6.25. The number of hydrogen-bond acceptors (Lipinski definition) is 5. The van der Waals surface area contributed by atoms with Gasteiger partial charge >= 0.3 is 5.97 Å². The third-order valence-electron chi connectivity index (χ3n) is 4.75. The van der Waals surface area contributed by atoms with Gasteiger partial charge in [-0.25, -0.2) is 0 Å². The van der Waals surface area contributed by atoms with Crippen LogP contribution in [-0.4, -0.2) is 41.4 Å². The lowest BCUT2D eigenvalue weighted by Gasteiger charge is -2.11. The summed E-state index contributed by atoms with van der Waals surface area (Å²) in [5.74, 6) is -0.0833. The molecule has 0 fully saturated rings. The van der Waals surface area contributed by atoms with E-state index in [9.17, 15) is 9.59 Å². The fourth-order valence-electron chi connectivity index (χ4n) is 3.24. The van der Waals surface area contributed by atoms with Crippen LogP contribution in [0.15, 0.2) is 42.5 Å². The largest absolute Gasteiger partial charge is 0.497 e. The van der Waals surface area contributed by atoms with Crippen LogP contribution in [0.4, 0.5) is 0 Å². The van der Waals surface area contributed by atoms with Gasteiger partial charge in [0.2, 0.25) is 0 Å². The van der Waals surface area contributed by atoms with Crippen LogP contribution in [0.25, 0.3) is 10.9 Å². The minimum Gasteiger partial charge on any atom is -0.497 e. The number of fused-ring (bicyclic) bond motifs is 1. The molecular weight excluding hydrogens is 394 g/mol. The van der Waals surface area contributed by atoms with Crippen molar-refractivity contribution in [1.29, 1.82) is 0 Å². The van der Waals surface area contributed by atoms with Gasteiger partial charge in [0.1, 0.15) is 11.9 Å². The predicted octanol–water partition coefficient (Wildman–Crippen LogP) is 3.77. The summed E-state index contributed by atoms with van der Waals surface area (Å²) in [6.07, 6.45) is -0.623. The maximum absolute atomic E-state index is 13.2. The van der Waals surface area contributed by atoms with Crippen LogP contribution in [0.2, 0.25) is 5.02 Å². The van der Waals surface area contributed by atoms with Crippen LogP contribution in [-0.2, 0) is 16.0 Å². The molecule has 0 aliphatic heterocycles. The number of esters is 1. The molecule has 1 atom stereocenters. The van der Waals surface area contributed by atoms with E-state index in [0.717, 1.165) is 5.39 Å². The van der Waals surface area contributed by atoms with Crippen LogP contribution in [0.5, 0.6) is 5.75 Å². The first kappa shape index (κ1) is 20.9. The Bertz CT molecular complexity index is 1060. The third-order valence-corrected chi connectivity index (χ3v) is 5.00. The first-order valence-electron chi connectivity index (χ1n) is 9.14. The van der Waals surface area contributed by atoms with Gasteiger partial charge in [0.25, 0.3) is 5.91 Å². The van der Waals surface area contributed by atoms with Gasteiger partial charge in [0, 0.05) is 21.7 Å². The van der Waals surface area contributed by atoms with Crippen molar-refractivity contribution in [3.63, 3.8) is 0 Å². The van der Waals surface area contributed by atoms with Gasteiger partial charge in [-0.15, -0.1) is 0 Å². The molecule has 6 nitrogen and oxygen atoms in total. The topological polar surface area (TPSA) is 77.8 Å².